The van der Waals surface area contributed by atoms with Crippen LogP contribution in [0.15, 0.2) is 53.5 Å². The van der Waals surface area contributed by atoms with Crippen molar-refractivity contribution in [3.63, 3.8) is 0 Å². The van der Waals surface area contributed by atoms with Crippen LogP contribution < -0.4 is 15.0 Å². The zero-order valence-corrected chi connectivity index (χ0v) is 14.8. The fraction of sp³-hybridized carbons (Fsp3) is 0.250. The number of esters is 1. The third-order valence-corrected chi connectivity index (χ3v) is 3.90. The highest BCUT2D eigenvalue weighted by Gasteiger charge is 2.13. The van der Waals surface area contributed by atoms with E-state index < -0.39 is 5.97 Å². The Morgan fingerprint density at radius 2 is 2.04 bits per heavy atom. The lowest BCUT2D eigenvalue weighted by Crippen LogP contribution is -2.17. The molecule has 3 aromatic rings. The van der Waals surface area contributed by atoms with Crippen molar-refractivity contribution in [2.75, 3.05) is 6.61 Å². The third kappa shape index (κ3) is 3.91. The van der Waals surface area contributed by atoms with Gasteiger partial charge in [0, 0.05) is 6.20 Å². The van der Waals surface area contributed by atoms with E-state index in [0.717, 1.165) is 18.4 Å². The maximum atomic E-state index is 12.4. The number of hydrogen-bond donors (Lipinski definition) is 0. The molecule has 2 aromatic heterocycles. The van der Waals surface area contributed by atoms with Crippen molar-refractivity contribution < 1.29 is 14.3 Å². The smallest absolute Gasteiger partial charge is 0.344 e. The minimum absolute atomic E-state index is 0.0217. The number of hydrogen-bond acceptors (Lipinski definition) is 5. The van der Waals surface area contributed by atoms with Gasteiger partial charge >= 0.3 is 5.97 Å². The highest BCUT2D eigenvalue weighted by atomic mass is 16.5. The lowest BCUT2D eigenvalue weighted by molar-refractivity contribution is 0.0727. The van der Waals surface area contributed by atoms with Crippen LogP contribution in [0.5, 0.6) is 11.6 Å². The molecule has 0 radical (unpaired) electrons. The molecular weight excluding hydrogens is 332 g/mol. The van der Waals surface area contributed by atoms with Gasteiger partial charge in [0.2, 0.25) is 5.88 Å². The van der Waals surface area contributed by atoms with E-state index in [1.165, 1.54) is 10.5 Å². The fourth-order valence-electron chi connectivity index (χ4n) is 2.49. The van der Waals surface area contributed by atoms with Crippen molar-refractivity contribution in [2.45, 2.75) is 26.7 Å². The van der Waals surface area contributed by atoms with Gasteiger partial charge in [-0.3, -0.25) is 9.20 Å². The summed E-state index contributed by atoms with van der Waals surface area (Å²) in [6.07, 6.45) is 3.60. The molecule has 2 heterocycles. The molecule has 1 aromatic carbocycles. The molecule has 0 bridgehead atoms. The number of fused-ring (bicyclic) bond motifs is 1. The van der Waals surface area contributed by atoms with Gasteiger partial charge in [0.05, 0.1) is 18.2 Å². The largest absolute Gasteiger partial charge is 0.494 e. The molecule has 0 spiro atoms. The molecule has 0 N–H and O–H groups in total. The summed E-state index contributed by atoms with van der Waals surface area (Å²) in [5.41, 5.74) is 1.30. The second-order valence-electron chi connectivity index (χ2n) is 5.94. The Morgan fingerprint density at radius 1 is 1.19 bits per heavy atom. The first-order chi connectivity index (χ1) is 12.6. The number of aryl methyl sites for hydroxylation is 1. The van der Waals surface area contributed by atoms with Crippen LogP contribution in [0.25, 0.3) is 5.65 Å². The van der Waals surface area contributed by atoms with E-state index in [4.69, 9.17) is 9.47 Å². The number of carbonyl (C=O) groups is 1. The maximum absolute atomic E-state index is 12.4. The van der Waals surface area contributed by atoms with Crippen molar-refractivity contribution in [3.8, 4) is 11.6 Å². The lowest BCUT2D eigenvalue weighted by Gasteiger charge is -2.08. The van der Waals surface area contributed by atoms with Gasteiger partial charge in [0.15, 0.2) is 0 Å². The fourth-order valence-corrected chi connectivity index (χ4v) is 2.49. The average molecular weight is 352 g/mol. The predicted octanol–water partition coefficient (Wildman–Crippen LogP) is 3.40. The van der Waals surface area contributed by atoms with E-state index >= 15 is 0 Å². The molecule has 134 valence electrons. The minimum Gasteiger partial charge on any atom is -0.494 e. The summed E-state index contributed by atoms with van der Waals surface area (Å²) >= 11 is 0. The number of benzene rings is 1. The Hall–Kier alpha value is -3.15. The first kappa shape index (κ1) is 17.7. The summed E-state index contributed by atoms with van der Waals surface area (Å²) in [5, 5.41) is 0. The third-order valence-electron chi connectivity index (χ3n) is 3.90. The van der Waals surface area contributed by atoms with Gasteiger partial charge in [-0.1, -0.05) is 25.5 Å². The first-order valence-electron chi connectivity index (χ1n) is 8.52. The maximum Gasteiger partial charge on any atom is 0.344 e. The standard InChI is InChI=1S/C20H20N2O4/c1-3-4-11-25-16-9-5-8-15(12-16)20(24)26-17-13-18(23)22-10-6-7-14(2)19(22)21-17/h5-10,12-13H,3-4,11H2,1-2H3. The quantitative estimate of drug-likeness (QED) is 0.502. The van der Waals surface area contributed by atoms with E-state index in [1.54, 1.807) is 36.5 Å². The summed E-state index contributed by atoms with van der Waals surface area (Å²) in [6.45, 7) is 4.51. The van der Waals surface area contributed by atoms with Crippen molar-refractivity contribution >= 4 is 11.6 Å². The van der Waals surface area contributed by atoms with Crippen LogP contribution in [0.1, 0.15) is 35.7 Å². The predicted molar refractivity (Wildman–Crippen MR) is 98.0 cm³/mol. The Balaban J connectivity index is 1.82. The highest BCUT2D eigenvalue weighted by molar-refractivity contribution is 5.91. The zero-order chi connectivity index (χ0) is 18.5. The van der Waals surface area contributed by atoms with Crippen LogP contribution in [0, 0.1) is 6.92 Å². The Labute approximate surface area is 151 Å². The van der Waals surface area contributed by atoms with Crippen molar-refractivity contribution in [2.24, 2.45) is 0 Å². The monoisotopic (exact) mass is 352 g/mol. The van der Waals surface area contributed by atoms with Gasteiger partial charge < -0.3 is 9.47 Å². The highest BCUT2D eigenvalue weighted by Crippen LogP contribution is 2.16. The second kappa shape index (κ2) is 7.82. The van der Waals surface area contributed by atoms with E-state index in [1.807, 2.05) is 13.0 Å². The number of unbranched alkanes of at least 4 members (excludes halogenated alkanes) is 1. The van der Waals surface area contributed by atoms with Crippen LogP contribution in [0.3, 0.4) is 0 Å². The van der Waals surface area contributed by atoms with Crippen LogP contribution in [-0.4, -0.2) is 22.0 Å². The number of rotatable bonds is 6. The minimum atomic E-state index is -0.587. The van der Waals surface area contributed by atoms with Crippen molar-refractivity contribution in [3.05, 3.63) is 70.1 Å². The molecule has 6 heteroatoms. The molecule has 0 atom stereocenters. The molecule has 0 aliphatic carbocycles. The zero-order valence-electron chi connectivity index (χ0n) is 14.8. The summed E-state index contributed by atoms with van der Waals surface area (Å²) in [4.78, 5) is 28.9. The van der Waals surface area contributed by atoms with E-state index in [9.17, 15) is 9.59 Å². The summed E-state index contributed by atoms with van der Waals surface area (Å²) in [5.74, 6) is -0.00216. The van der Waals surface area contributed by atoms with Gasteiger partial charge in [-0.2, -0.15) is 4.98 Å². The number of carbonyl (C=O) groups excluding carboxylic acids is 1. The van der Waals surface area contributed by atoms with Crippen LogP contribution in [0.4, 0.5) is 0 Å². The van der Waals surface area contributed by atoms with Gasteiger partial charge in [-0.25, -0.2) is 4.79 Å². The Kier molecular flexibility index (Phi) is 5.31. The van der Waals surface area contributed by atoms with Gasteiger partial charge in [-0.15, -0.1) is 0 Å². The van der Waals surface area contributed by atoms with Crippen molar-refractivity contribution in [1.82, 2.24) is 9.38 Å². The molecule has 6 nitrogen and oxygen atoms in total. The molecule has 0 fully saturated rings. The average Bonchev–Trinajstić information content (AvgIpc) is 2.63. The van der Waals surface area contributed by atoms with E-state index in [0.29, 0.717) is 23.6 Å². The number of nitrogens with zero attached hydrogens (tertiary/aromatic N) is 2. The first-order valence-corrected chi connectivity index (χ1v) is 8.52. The van der Waals surface area contributed by atoms with Crippen molar-refractivity contribution in [1.29, 1.82) is 0 Å². The van der Waals surface area contributed by atoms with Gasteiger partial charge in [0.1, 0.15) is 11.4 Å². The van der Waals surface area contributed by atoms with Gasteiger partial charge in [0.25, 0.3) is 5.56 Å². The Morgan fingerprint density at radius 3 is 2.85 bits per heavy atom. The van der Waals surface area contributed by atoms with E-state index in [-0.39, 0.29) is 11.4 Å². The van der Waals surface area contributed by atoms with E-state index in [2.05, 4.69) is 11.9 Å². The molecule has 0 saturated carbocycles. The molecular formula is C20H20N2O4. The summed E-state index contributed by atoms with van der Waals surface area (Å²) in [7, 11) is 0. The topological polar surface area (TPSA) is 69.9 Å². The molecule has 0 unspecified atom stereocenters. The molecule has 26 heavy (non-hydrogen) atoms. The second-order valence-corrected chi connectivity index (χ2v) is 5.94. The molecule has 0 amide bonds. The number of ether oxygens (including phenoxy) is 2. The number of pyridine rings is 1. The Bertz CT molecular complexity index is 995. The normalized spacial score (nSPS) is 10.7. The van der Waals surface area contributed by atoms with Crippen LogP contribution >= 0.6 is 0 Å². The molecule has 0 aliphatic rings. The summed E-state index contributed by atoms with van der Waals surface area (Å²) < 4.78 is 12.3. The van der Waals surface area contributed by atoms with Crippen LogP contribution in [0.2, 0.25) is 0 Å². The SMILES string of the molecule is CCCCOc1cccc(C(=O)Oc2cc(=O)n3cccc(C)c3n2)c1. The molecule has 3 rings (SSSR count). The van der Waals surface area contributed by atoms with Gasteiger partial charge in [-0.05, 0) is 43.2 Å². The number of aromatic nitrogens is 2. The molecule has 0 saturated heterocycles. The summed E-state index contributed by atoms with van der Waals surface area (Å²) in [6, 6.07) is 11.6. The molecule has 0 aliphatic heterocycles. The lowest BCUT2D eigenvalue weighted by atomic mass is 10.2. The van der Waals surface area contributed by atoms with Crippen LogP contribution in [-0.2, 0) is 0 Å².